The molecule has 1 N–H and O–H groups in total. The van der Waals surface area contributed by atoms with Crippen LogP contribution < -0.4 is 10.1 Å². The third kappa shape index (κ3) is 1.96. The molecule has 6 heteroatoms. The fraction of sp³-hybridized carbons (Fsp3) is 0.222. The minimum Gasteiger partial charge on any atom is -0.447 e. The second-order valence-electron chi connectivity index (χ2n) is 6.10. The first-order valence-electron chi connectivity index (χ1n) is 7.90. The first-order valence-corrected chi connectivity index (χ1v) is 8.89. The molecule has 3 heterocycles. The van der Waals surface area contributed by atoms with Crippen LogP contribution >= 0.6 is 11.8 Å². The lowest BCUT2D eigenvalue weighted by Crippen LogP contribution is -2.62. The van der Waals surface area contributed by atoms with E-state index in [4.69, 9.17) is 9.84 Å². The number of hydrogen-bond acceptors (Lipinski definition) is 5. The zero-order valence-corrected chi connectivity index (χ0v) is 13.6. The molecule has 2 aromatic rings. The standard InChI is InChI=1S/C18H15N3O2S/c22-17-19-18(11-24-17)21-15(13-8-4-5-9-16(13)23-18)10-14(20-21)12-6-2-1-3-7-12/h1-9,15H,10-11H2,(H,19,22)/t15-,18+/m1/s1. The minimum atomic E-state index is -0.892. The van der Waals surface area contributed by atoms with Crippen molar-refractivity contribution in [1.29, 1.82) is 0 Å². The van der Waals surface area contributed by atoms with E-state index < -0.39 is 5.85 Å². The van der Waals surface area contributed by atoms with Crippen molar-refractivity contribution in [3.63, 3.8) is 0 Å². The van der Waals surface area contributed by atoms with Crippen molar-refractivity contribution in [3.8, 4) is 5.75 Å². The van der Waals surface area contributed by atoms with Crippen molar-refractivity contribution < 1.29 is 9.53 Å². The number of nitrogens with zero attached hydrogens (tertiary/aromatic N) is 2. The Bertz CT molecular complexity index is 854. The molecule has 3 aliphatic heterocycles. The highest BCUT2D eigenvalue weighted by Gasteiger charge is 2.54. The van der Waals surface area contributed by atoms with Crippen molar-refractivity contribution in [2.24, 2.45) is 5.10 Å². The van der Waals surface area contributed by atoms with Crippen LogP contribution in [0.4, 0.5) is 4.79 Å². The topological polar surface area (TPSA) is 53.9 Å². The van der Waals surface area contributed by atoms with Gasteiger partial charge in [0.05, 0.1) is 17.5 Å². The Hall–Kier alpha value is -2.47. The van der Waals surface area contributed by atoms with E-state index in [-0.39, 0.29) is 11.3 Å². The summed E-state index contributed by atoms with van der Waals surface area (Å²) in [6.07, 6.45) is 0.798. The van der Waals surface area contributed by atoms with Crippen molar-refractivity contribution in [1.82, 2.24) is 10.3 Å². The van der Waals surface area contributed by atoms with Gasteiger partial charge in [0.2, 0.25) is 0 Å². The monoisotopic (exact) mass is 337 g/mol. The molecule has 2 aromatic carbocycles. The summed E-state index contributed by atoms with van der Waals surface area (Å²) in [7, 11) is 0. The Kier molecular flexibility index (Phi) is 2.91. The summed E-state index contributed by atoms with van der Waals surface area (Å²) in [5, 5.41) is 9.69. The van der Waals surface area contributed by atoms with Crippen molar-refractivity contribution in [3.05, 3.63) is 65.7 Å². The van der Waals surface area contributed by atoms with Crippen molar-refractivity contribution in [2.45, 2.75) is 18.3 Å². The van der Waals surface area contributed by atoms with E-state index in [2.05, 4.69) is 23.5 Å². The lowest BCUT2D eigenvalue weighted by atomic mass is 9.96. The number of carbonyl (C=O) groups excluding carboxylic acids is 1. The van der Waals surface area contributed by atoms with Gasteiger partial charge in [-0.1, -0.05) is 60.3 Å². The quantitative estimate of drug-likeness (QED) is 0.867. The minimum absolute atomic E-state index is 0.0727. The normalized spacial score (nSPS) is 27.3. The summed E-state index contributed by atoms with van der Waals surface area (Å²) in [5.74, 6) is 0.450. The number of amides is 1. The molecular formula is C18H15N3O2S. The van der Waals surface area contributed by atoms with Crippen LogP contribution in [-0.4, -0.2) is 27.6 Å². The number of nitrogens with one attached hydrogen (secondary N) is 1. The molecule has 0 aliphatic carbocycles. The molecule has 5 rings (SSSR count). The molecule has 0 unspecified atom stereocenters. The van der Waals surface area contributed by atoms with Crippen LogP contribution in [0.1, 0.15) is 23.6 Å². The molecule has 3 aliphatic rings. The first kappa shape index (κ1) is 13.9. The number of fused-ring (bicyclic) bond motifs is 4. The summed E-state index contributed by atoms with van der Waals surface area (Å²) >= 11 is 1.24. The summed E-state index contributed by atoms with van der Waals surface area (Å²) in [5.41, 5.74) is 3.24. The van der Waals surface area contributed by atoms with E-state index in [1.807, 2.05) is 41.4 Å². The molecule has 1 fully saturated rings. The van der Waals surface area contributed by atoms with Gasteiger partial charge in [-0.05, 0) is 11.6 Å². The molecule has 1 amide bonds. The maximum absolute atomic E-state index is 11.9. The third-order valence-corrected chi connectivity index (χ3v) is 5.54. The summed E-state index contributed by atoms with van der Waals surface area (Å²) in [4.78, 5) is 11.9. The van der Waals surface area contributed by atoms with Crippen molar-refractivity contribution >= 4 is 22.7 Å². The maximum Gasteiger partial charge on any atom is 0.289 e. The highest BCUT2D eigenvalue weighted by molar-refractivity contribution is 8.14. The number of para-hydroxylation sites is 1. The van der Waals surface area contributed by atoms with Crippen LogP contribution in [-0.2, 0) is 0 Å². The Morgan fingerprint density at radius 3 is 2.75 bits per heavy atom. The van der Waals surface area contributed by atoms with Gasteiger partial charge in [0.25, 0.3) is 11.1 Å². The second kappa shape index (κ2) is 5.01. The molecule has 0 bridgehead atoms. The molecule has 0 radical (unpaired) electrons. The van der Waals surface area contributed by atoms with E-state index in [9.17, 15) is 4.79 Å². The highest BCUT2D eigenvalue weighted by Crippen LogP contribution is 2.48. The van der Waals surface area contributed by atoms with E-state index in [1.54, 1.807) is 0 Å². The fourth-order valence-corrected chi connectivity index (χ4v) is 4.36. The Morgan fingerprint density at radius 2 is 1.96 bits per heavy atom. The molecule has 0 saturated carbocycles. The Labute approximate surface area is 143 Å². The van der Waals surface area contributed by atoms with Gasteiger partial charge >= 0.3 is 0 Å². The average Bonchev–Trinajstić information content (AvgIpc) is 3.22. The second-order valence-corrected chi connectivity index (χ2v) is 7.05. The number of ether oxygens (including phenoxy) is 1. The predicted octanol–water partition coefficient (Wildman–Crippen LogP) is 3.34. The summed E-state index contributed by atoms with van der Waals surface area (Å²) in [6, 6.07) is 18.3. The number of benzene rings is 2. The smallest absolute Gasteiger partial charge is 0.289 e. The number of hydrogen-bond donors (Lipinski definition) is 1. The van der Waals surface area contributed by atoms with Gasteiger partial charge in [0.15, 0.2) is 0 Å². The zero-order chi connectivity index (χ0) is 16.1. The molecule has 1 spiro atoms. The van der Waals surface area contributed by atoms with Gasteiger partial charge in [0.1, 0.15) is 5.75 Å². The molecule has 1 saturated heterocycles. The van der Waals surface area contributed by atoms with Crippen LogP contribution in [0.2, 0.25) is 0 Å². The fourth-order valence-electron chi connectivity index (χ4n) is 3.54. The van der Waals surface area contributed by atoms with Crippen molar-refractivity contribution in [2.75, 3.05) is 5.75 Å². The molecule has 5 nitrogen and oxygen atoms in total. The highest BCUT2D eigenvalue weighted by atomic mass is 32.2. The predicted molar refractivity (Wildman–Crippen MR) is 93.0 cm³/mol. The Balaban J connectivity index is 1.62. The number of thioether (sulfide) groups is 1. The van der Waals surface area contributed by atoms with Crippen LogP contribution in [0.15, 0.2) is 59.7 Å². The lowest BCUT2D eigenvalue weighted by Gasteiger charge is -2.44. The summed E-state index contributed by atoms with van der Waals surface area (Å²) < 4.78 is 6.21. The van der Waals surface area contributed by atoms with Crippen LogP contribution in [0.3, 0.4) is 0 Å². The lowest BCUT2D eigenvalue weighted by molar-refractivity contribution is -0.111. The van der Waals surface area contributed by atoms with Gasteiger partial charge in [0, 0.05) is 12.0 Å². The maximum atomic E-state index is 11.9. The van der Waals surface area contributed by atoms with E-state index in [1.165, 1.54) is 11.8 Å². The number of rotatable bonds is 1. The first-order chi connectivity index (χ1) is 11.8. The molecule has 2 atom stereocenters. The SMILES string of the molecule is O=C1N[C@]2(CS1)Oc1ccccc1[C@H]1CC(c3ccccc3)=NN12. The van der Waals surface area contributed by atoms with Gasteiger partial charge < -0.3 is 4.74 Å². The molecular weight excluding hydrogens is 322 g/mol. The van der Waals surface area contributed by atoms with E-state index in [0.29, 0.717) is 5.75 Å². The molecule has 24 heavy (non-hydrogen) atoms. The molecule has 0 aromatic heterocycles. The van der Waals surface area contributed by atoms with Gasteiger partial charge in [-0.15, -0.1) is 0 Å². The van der Waals surface area contributed by atoms with Crippen LogP contribution in [0.25, 0.3) is 0 Å². The zero-order valence-electron chi connectivity index (χ0n) is 12.8. The Morgan fingerprint density at radius 1 is 1.17 bits per heavy atom. The number of carbonyl (C=O) groups is 1. The van der Waals surface area contributed by atoms with E-state index in [0.717, 1.165) is 29.0 Å². The van der Waals surface area contributed by atoms with Gasteiger partial charge in [-0.2, -0.15) is 5.10 Å². The van der Waals surface area contributed by atoms with E-state index >= 15 is 0 Å². The van der Waals surface area contributed by atoms with Gasteiger partial charge in [-0.3, -0.25) is 10.1 Å². The van der Waals surface area contributed by atoms with Crippen LogP contribution in [0, 0.1) is 0 Å². The number of hydrazone groups is 1. The van der Waals surface area contributed by atoms with Crippen LogP contribution in [0.5, 0.6) is 5.75 Å². The largest absolute Gasteiger partial charge is 0.447 e. The molecule has 120 valence electrons. The third-order valence-electron chi connectivity index (χ3n) is 4.64. The average molecular weight is 337 g/mol. The van der Waals surface area contributed by atoms with Gasteiger partial charge in [-0.25, -0.2) is 5.01 Å². The summed E-state index contributed by atoms with van der Waals surface area (Å²) in [6.45, 7) is 0.